The van der Waals surface area contributed by atoms with Gasteiger partial charge in [-0.1, -0.05) is 12.1 Å². The lowest BCUT2D eigenvalue weighted by Gasteiger charge is -2.11. The van der Waals surface area contributed by atoms with Gasteiger partial charge in [0.1, 0.15) is 0 Å². The first-order chi connectivity index (χ1) is 9.02. The zero-order chi connectivity index (χ0) is 14.3. The SMILES string of the molecule is CNC(C)CNC(=O)CCC(=O)c1ccc(I)cc1.Cl. The minimum Gasteiger partial charge on any atom is -0.355 e. The largest absolute Gasteiger partial charge is 0.355 e. The predicted octanol–water partition coefficient (Wildman–Crippen LogP) is 2.40. The average molecular weight is 411 g/mol. The summed E-state index contributed by atoms with van der Waals surface area (Å²) < 4.78 is 1.09. The van der Waals surface area contributed by atoms with Gasteiger partial charge in [-0.15, -0.1) is 12.4 Å². The summed E-state index contributed by atoms with van der Waals surface area (Å²) in [6, 6.07) is 7.61. The van der Waals surface area contributed by atoms with Gasteiger partial charge in [0.25, 0.3) is 0 Å². The summed E-state index contributed by atoms with van der Waals surface area (Å²) in [6.45, 7) is 2.56. The maximum Gasteiger partial charge on any atom is 0.220 e. The molecule has 1 rings (SSSR count). The highest BCUT2D eigenvalue weighted by Gasteiger charge is 2.09. The standard InChI is InChI=1S/C14H19IN2O2.ClH/c1-10(16-2)9-17-14(19)8-7-13(18)11-3-5-12(15)6-4-11;/h3-6,10,16H,7-9H2,1-2H3,(H,17,19);1H. The van der Waals surface area contributed by atoms with Crippen molar-refractivity contribution < 1.29 is 9.59 Å². The number of carbonyl (C=O) groups excluding carboxylic acids is 2. The van der Waals surface area contributed by atoms with Crippen molar-refractivity contribution in [3.05, 3.63) is 33.4 Å². The third-order valence-electron chi connectivity index (χ3n) is 2.84. The van der Waals surface area contributed by atoms with Gasteiger partial charge >= 0.3 is 0 Å². The highest BCUT2D eigenvalue weighted by Crippen LogP contribution is 2.09. The molecule has 0 aliphatic carbocycles. The van der Waals surface area contributed by atoms with Crippen LogP contribution in [0.2, 0.25) is 0 Å². The maximum absolute atomic E-state index is 11.9. The van der Waals surface area contributed by atoms with Gasteiger partial charge in [0.05, 0.1) is 0 Å². The van der Waals surface area contributed by atoms with Crippen molar-refractivity contribution in [2.75, 3.05) is 13.6 Å². The number of hydrogen-bond donors (Lipinski definition) is 2. The number of carbonyl (C=O) groups is 2. The van der Waals surface area contributed by atoms with Crippen LogP contribution in [0.4, 0.5) is 0 Å². The van der Waals surface area contributed by atoms with Gasteiger partial charge in [0, 0.05) is 34.6 Å². The minimum atomic E-state index is -0.0824. The number of rotatable bonds is 7. The number of nitrogens with one attached hydrogen (secondary N) is 2. The van der Waals surface area contributed by atoms with Gasteiger partial charge in [-0.05, 0) is 48.7 Å². The van der Waals surface area contributed by atoms with E-state index < -0.39 is 0 Å². The summed E-state index contributed by atoms with van der Waals surface area (Å²) in [6.07, 6.45) is 0.488. The maximum atomic E-state index is 11.9. The van der Waals surface area contributed by atoms with Crippen molar-refractivity contribution in [1.29, 1.82) is 0 Å². The van der Waals surface area contributed by atoms with Gasteiger partial charge in [-0.3, -0.25) is 9.59 Å². The Morgan fingerprint density at radius 3 is 2.35 bits per heavy atom. The van der Waals surface area contributed by atoms with Crippen LogP contribution in [0.5, 0.6) is 0 Å². The quantitative estimate of drug-likeness (QED) is 0.536. The molecule has 1 unspecified atom stereocenters. The lowest BCUT2D eigenvalue weighted by atomic mass is 10.1. The fraction of sp³-hybridized carbons (Fsp3) is 0.429. The molecule has 0 fully saturated rings. The molecule has 20 heavy (non-hydrogen) atoms. The van der Waals surface area contributed by atoms with Crippen LogP contribution in [0.1, 0.15) is 30.1 Å². The molecular formula is C14H20ClIN2O2. The molecule has 0 heterocycles. The Kier molecular flexibility index (Phi) is 9.79. The van der Waals surface area contributed by atoms with Gasteiger partial charge in [0.15, 0.2) is 5.78 Å². The number of benzene rings is 1. The van der Waals surface area contributed by atoms with Crippen LogP contribution in [0.15, 0.2) is 24.3 Å². The normalized spacial score (nSPS) is 11.3. The Hall–Kier alpha value is -0.660. The van der Waals surface area contributed by atoms with Gasteiger partial charge in [-0.2, -0.15) is 0 Å². The van der Waals surface area contributed by atoms with Crippen molar-refractivity contribution in [1.82, 2.24) is 10.6 Å². The zero-order valence-electron chi connectivity index (χ0n) is 11.6. The molecule has 0 radical (unpaired) electrons. The van der Waals surface area contributed by atoms with Crippen LogP contribution in [0, 0.1) is 3.57 Å². The molecule has 0 saturated carbocycles. The van der Waals surface area contributed by atoms with Gasteiger partial charge < -0.3 is 10.6 Å². The van der Waals surface area contributed by atoms with E-state index >= 15 is 0 Å². The van der Waals surface area contributed by atoms with Gasteiger partial charge in [-0.25, -0.2) is 0 Å². The van der Waals surface area contributed by atoms with E-state index in [1.165, 1.54) is 0 Å². The van der Waals surface area contributed by atoms with Crippen molar-refractivity contribution in [3.8, 4) is 0 Å². The van der Waals surface area contributed by atoms with E-state index in [4.69, 9.17) is 0 Å². The number of halogens is 2. The Bertz CT molecular complexity index is 437. The van der Waals surface area contributed by atoms with E-state index in [2.05, 4.69) is 33.2 Å². The third kappa shape index (κ3) is 7.21. The Morgan fingerprint density at radius 2 is 1.80 bits per heavy atom. The Labute approximate surface area is 139 Å². The first kappa shape index (κ1) is 19.3. The van der Waals surface area contributed by atoms with Crippen LogP contribution in [0.3, 0.4) is 0 Å². The second-order valence-electron chi connectivity index (χ2n) is 4.42. The van der Waals surface area contributed by atoms with Crippen LogP contribution < -0.4 is 10.6 Å². The highest BCUT2D eigenvalue weighted by molar-refractivity contribution is 14.1. The van der Waals surface area contributed by atoms with E-state index in [0.717, 1.165) is 3.57 Å². The molecule has 0 aromatic heterocycles. The second-order valence-corrected chi connectivity index (χ2v) is 5.67. The fourth-order valence-electron chi connectivity index (χ4n) is 1.46. The van der Waals surface area contributed by atoms with E-state index in [1.54, 1.807) is 12.1 Å². The van der Waals surface area contributed by atoms with Crippen molar-refractivity contribution in [3.63, 3.8) is 0 Å². The third-order valence-corrected chi connectivity index (χ3v) is 3.56. The molecule has 0 aliphatic rings. The lowest BCUT2D eigenvalue weighted by Crippen LogP contribution is -2.37. The highest BCUT2D eigenvalue weighted by atomic mass is 127. The molecular weight excluding hydrogens is 391 g/mol. The molecule has 1 aromatic rings. The molecule has 0 aliphatic heterocycles. The lowest BCUT2D eigenvalue weighted by molar-refractivity contribution is -0.121. The number of amides is 1. The summed E-state index contributed by atoms with van der Waals surface area (Å²) in [7, 11) is 1.84. The number of likely N-dealkylation sites (N-methyl/N-ethyl adjacent to an activating group) is 1. The van der Waals surface area contributed by atoms with Crippen molar-refractivity contribution in [2.45, 2.75) is 25.8 Å². The van der Waals surface area contributed by atoms with E-state index in [1.807, 2.05) is 26.1 Å². The zero-order valence-corrected chi connectivity index (χ0v) is 14.6. The monoisotopic (exact) mass is 410 g/mol. The number of ketones is 1. The number of hydrogen-bond acceptors (Lipinski definition) is 3. The topological polar surface area (TPSA) is 58.2 Å². The average Bonchev–Trinajstić information content (AvgIpc) is 2.42. The molecule has 1 amide bonds. The summed E-state index contributed by atoms with van der Waals surface area (Å²) in [4.78, 5) is 23.4. The molecule has 0 bridgehead atoms. The van der Waals surface area contributed by atoms with Crippen LogP contribution in [0.25, 0.3) is 0 Å². The van der Waals surface area contributed by atoms with Crippen LogP contribution in [-0.2, 0) is 4.79 Å². The summed E-state index contributed by atoms with van der Waals surface area (Å²) in [5, 5.41) is 5.83. The van der Waals surface area contributed by atoms with Crippen LogP contribution in [-0.4, -0.2) is 31.3 Å². The van der Waals surface area contributed by atoms with E-state index in [9.17, 15) is 9.59 Å². The van der Waals surface area contributed by atoms with E-state index in [0.29, 0.717) is 12.1 Å². The molecule has 0 saturated heterocycles. The molecule has 1 aromatic carbocycles. The molecule has 1 atom stereocenters. The fourth-order valence-corrected chi connectivity index (χ4v) is 1.82. The molecule has 112 valence electrons. The molecule has 2 N–H and O–H groups in total. The Morgan fingerprint density at radius 1 is 1.20 bits per heavy atom. The van der Waals surface area contributed by atoms with Crippen molar-refractivity contribution in [2.24, 2.45) is 0 Å². The second kappa shape index (κ2) is 10.1. The molecule has 6 heteroatoms. The minimum absolute atomic E-state index is 0. The molecule has 0 spiro atoms. The predicted molar refractivity (Wildman–Crippen MR) is 91.5 cm³/mol. The van der Waals surface area contributed by atoms with Gasteiger partial charge in [0.2, 0.25) is 5.91 Å². The van der Waals surface area contributed by atoms with Crippen molar-refractivity contribution >= 4 is 46.7 Å². The smallest absolute Gasteiger partial charge is 0.220 e. The summed E-state index contributed by atoms with van der Waals surface area (Å²) >= 11 is 2.19. The summed E-state index contributed by atoms with van der Waals surface area (Å²) in [5.41, 5.74) is 0.664. The first-order valence-corrected chi connectivity index (χ1v) is 7.33. The van der Waals surface area contributed by atoms with E-state index in [-0.39, 0.29) is 43.0 Å². The summed E-state index contributed by atoms with van der Waals surface area (Å²) in [5.74, 6) is -0.0748. The van der Waals surface area contributed by atoms with Crippen LogP contribution >= 0.6 is 35.0 Å². The Balaban J connectivity index is 0.00000361. The molecule has 4 nitrogen and oxygen atoms in total. The first-order valence-electron chi connectivity index (χ1n) is 6.25. The number of Topliss-reactive ketones (excluding diaryl/α,β-unsaturated/α-hetero) is 1.